The van der Waals surface area contributed by atoms with E-state index in [2.05, 4.69) is 31.9 Å². The molecule has 4 amide bonds. The van der Waals surface area contributed by atoms with Crippen molar-refractivity contribution in [3.63, 3.8) is 0 Å². The molecule has 13 N–H and O–H groups in total. The molecule has 2 aromatic rings. The van der Waals surface area contributed by atoms with Crippen LogP contribution in [0.15, 0.2) is 54.6 Å². The van der Waals surface area contributed by atoms with E-state index in [1.165, 1.54) is 12.1 Å². The van der Waals surface area contributed by atoms with Crippen molar-refractivity contribution in [2.75, 3.05) is 52.4 Å². The highest BCUT2D eigenvalue weighted by molar-refractivity contribution is 5.96. The number of epoxide rings is 2. The average molecular weight is 745 g/mol. The van der Waals surface area contributed by atoms with E-state index in [0.29, 0.717) is 58.8 Å². The summed E-state index contributed by atoms with van der Waals surface area (Å²) in [6.45, 7) is 4.08. The molecule has 0 aromatic heterocycles. The second-order valence-electron chi connectivity index (χ2n) is 12.0. The number of phenolic OH excluding ortho intramolecular Hbond substituents is 1. The van der Waals surface area contributed by atoms with Gasteiger partial charge in [-0.2, -0.15) is 0 Å². The Morgan fingerprint density at radius 3 is 1.38 bits per heavy atom. The summed E-state index contributed by atoms with van der Waals surface area (Å²) in [6, 6.07) is 13.7. The number of aliphatic carboxylic acids is 2. The Labute approximate surface area is 305 Å². The maximum atomic E-state index is 12.5. The van der Waals surface area contributed by atoms with Crippen molar-refractivity contribution in [3.8, 4) is 5.75 Å². The van der Waals surface area contributed by atoms with Crippen LogP contribution in [0.25, 0.3) is 0 Å². The molecule has 19 heteroatoms. The molecular weight excluding hydrogens is 696 g/mol. The van der Waals surface area contributed by atoms with Gasteiger partial charge in [0.05, 0.1) is 0 Å². The highest BCUT2D eigenvalue weighted by atomic mass is 16.6. The topological polar surface area (TPSA) is 312 Å². The first-order chi connectivity index (χ1) is 25.4. The van der Waals surface area contributed by atoms with Crippen molar-refractivity contribution in [1.82, 2.24) is 31.9 Å². The van der Waals surface area contributed by atoms with Crippen LogP contribution in [0.4, 0.5) is 0 Å². The highest BCUT2D eigenvalue weighted by Gasteiger charge is 2.52. The first-order valence-electron chi connectivity index (χ1n) is 17.0. The Bertz CT molecular complexity index is 1520. The quantitative estimate of drug-likeness (QED) is 0.0406. The monoisotopic (exact) mass is 744 g/mol. The van der Waals surface area contributed by atoms with E-state index in [0.717, 1.165) is 11.1 Å². The van der Waals surface area contributed by atoms with Crippen molar-refractivity contribution < 1.29 is 53.6 Å². The first-order valence-corrected chi connectivity index (χ1v) is 17.0. The third-order valence-electron chi connectivity index (χ3n) is 7.76. The second-order valence-corrected chi connectivity index (χ2v) is 12.0. The molecule has 2 aliphatic rings. The van der Waals surface area contributed by atoms with Gasteiger partial charge in [-0.15, -0.1) is 0 Å². The lowest BCUT2D eigenvalue weighted by Gasteiger charge is -2.18. The maximum absolute atomic E-state index is 12.5. The lowest BCUT2D eigenvalue weighted by molar-refractivity contribution is -0.139. The molecule has 19 nitrogen and oxygen atoms in total. The number of benzene rings is 2. The van der Waals surface area contributed by atoms with Crippen LogP contribution in [0.2, 0.25) is 0 Å². The molecule has 0 bridgehead atoms. The molecule has 4 rings (SSSR count). The first kappa shape index (κ1) is 42.2. The van der Waals surface area contributed by atoms with Gasteiger partial charge in [-0.25, -0.2) is 9.59 Å². The molecule has 6 atom stereocenters. The number of nitrogens with one attached hydrogen (secondary N) is 6. The summed E-state index contributed by atoms with van der Waals surface area (Å²) in [5, 5.41) is 43.7. The predicted octanol–water partition coefficient (Wildman–Crippen LogP) is -3.83. The van der Waals surface area contributed by atoms with E-state index in [4.69, 9.17) is 31.2 Å². The highest BCUT2D eigenvalue weighted by Crippen LogP contribution is 2.23. The Balaban J connectivity index is 0.000000286. The van der Waals surface area contributed by atoms with E-state index >= 15 is 0 Å². The summed E-state index contributed by atoms with van der Waals surface area (Å²) in [4.78, 5) is 70.8. The van der Waals surface area contributed by atoms with Crippen molar-refractivity contribution in [2.45, 2.75) is 49.3 Å². The van der Waals surface area contributed by atoms with Crippen LogP contribution < -0.4 is 43.4 Å². The van der Waals surface area contributed by atoms with Gasteiger partial charge in [-0.3, -0.25) is 19.2 Å². The third-order valence-corrected chi connectivity index (χ3v) is 7.76. The Kier molecular flexibility index (Phi) is 17.5. The number of carbonyl (C=O) groups is 6. The summed E-state index contributed by atoms with van der Waals surface area (Å²) in [6.07, 6.45) is -4.00. The van der Waals surface area contributed by atoms with Crippen LogP contribution in [0.3, 0.4) is 0 Å². The molecule has 290 valence electrons. The van der Waals surface area contributed by atoms with Crippen LogP contribution in [0, 0.1) is 0 Å². The standard InChI is InChI=1S/C17H24N4O6.C17H24N4O5/c18-5-6-19-7-8-20-15(23)12(9-10-1-3-11(22)4-2-10)21-16(24)13-14(27-13)17(25)26;18-6-7-19-8-9-20-15(22)12(10-11-4-2-1-3-5-11)21-16(23)13-14(26-13)17(24)25/h1-4,12-14,19,22H,5-9,18H2,(H,20,23)(H,21,24)(H,25,26);1-5,12-14,19H,6-10,18H2,(H,20,22)(H,21,23)(H,24,25). The lowest BCUT2D eigenvalue weighted by Crippen LogP contribution is -2.50. The maximum Gasteiger partial charge on any atom is 0.336 e. The molecule has 2 aromatic carbocycles. The largest absolute Gasteiger partial charge is 0.508 e. The second kappa shape index (κ2) is 22.0. The fourth-order valence-electron chi connectivity index (χ4n) is 4.89. The molecule has 2 heterocycles. The van der Waals surface area contributed by atoms with E-state index in [1.807, 2.05) is 30.3 Å². The number of carboxylic acids is 2. The van der Waals surface area contributed by atoms with Crippen LogP contribution in [0.5, 0.6) is 5.75 Å². The average Bonchev–Trinajstić information content (AvgIpc) is 4.07. The SMILES string of the molecule is NCCNCCNC(=O)C(Cc1ccc(O)cc1)NC(=O)C1OC1C(=O)O.NCCNCCNC(=O)C(Cc1ccccc1)NC(=O)C1OC1C(=O)O. The van der Waals surface area contributed by atoms with Gasteiger partial charge in [-0.1, -0.05) is 42.5 Å². The van der Waals surface area contributed by atoms with Crippen LogP contribution in [0.1, 0.15) is 11.1 Å². The van der Waals surface area contributed by atoms with Crippen molar-refractivity contribution in [3.05, 3.63) is 65.7 Å². The van der Waals surface area contributed by atoms with Gasteiger partial charge in [0.2, 0.25) is 11.8 Å². The van der Waals surface area contributed by atoms with E-state index < -0.39 is 66.2 Å². The van der Waals surface area contributed by atoms with Crippen LogP contribution in [-0.2, 0) is 51.1 Å². The number of rotatable bonds is 22. The zero-order valence-corrected chi connectivity index (χ0v) is 29.0. The minimum Gasteiger partial charge on any atom is -0.508 e. The molecule has 2 aliphatic heterocycles. The number of carbonyl (C=O) groups excluding carboxylic acids is 4. The number of nitrogens with two attached hydrogens (primary N) is 2. The molecule has 2 fully saturated rings. The zero-order valence-electron chi connectivity index (χ0n) is 29.0. The fourth-order valence-corrected chi connectivity index (χ4v) is 4.89. The number of carboxylic acid groups (broad SMARTS) is 2. The van der Waals surface area contributed by atoms with Crippen molar-refractivity contribution in [1.29, 1.82) is 0 Å². The minimum absolute atomic E-state index is 0.0884. The number of hydrogen-bond acceptors (Lipinski definition) is 13. The lowest BCUT2D eigenvalue weighted by atomic mass is 10.0. The molecule has 0 spiro atoms. The molecule has 6 unspecified atom stereocenters. The summed E-state index contributed by atoms with van der Waals surface area (Å²) in [5.74, 6) is -4.33. The number of aromatic hydroxyl groups is 1. The molecule has 0 radical (unpaired) electrons. The third kappa shape index (κ3) is 15.1. The van der Waals surface area contributed by atoms with Crippen LogP contribution in [-0.4, -0.2) is 140 Å². The Morgan fingerprint density at radius 2 is 1.00 bits per heavy atom. The summed E-state index contributed by atoms with van der Waals surface area (Å²) in [7, 11) is 0. The minimum atomic E-state index is -1.22. The summed E-state index contributed by atoms with van der Waals surface area (Å²) in [5.41, 5.74) is 12.3. The van der Waals surface area contributed by atoms with Crippen molar-refractivity contribution in [2.24, 2.45) is 11.5 Å². The number of phenols is 1. The molecular formula is C34H48N8O11. The van der Waals surface area contributed by atoms with Gasteiger partial charge < -0.3 is 68.2 Å². The predicted molar refractivity (Wildman–Crippen MR) is 188 cm³/mol. The number of hydrogen-bond donors (Lipinski definition) is 11. The van der Waals surface area contributed by atoms with Gasteiger partial charge in [-0.05, 0) is 23.3 Å². The van der Waals surface area contributed by atoms with Gasteiger partial charge in [0.25, 0.3) is 11.8 Å². The van der Waals surface area contributed by atoms with E-state index in [9.17, 15) is 33.9 Å². The molecule has 2 saturated heterocycles. The Hall–Kier alpha value is -5.18. The smallest absolute Gasteiger partial charge is 0.336 e. The number of amides is 4. The molecule has 53 heavy (non-hydrogen) atoms. The van der Waals surface area contributed by atoms with Gasteiger partial charge in [0.15, 0.2) is 24.4 Å². The number of ether oxygens (including phenoxy) is 2. The van der Waals surface area contributed by atoms with Gasteiger partial charge >= 0.3 is 11.9 Å². The normalized spacial score (nSPS) is 19.3. The Morgan fingerprint density at radius 1 is 0.585 bits per heavy atom. The molecule has 0 aliphatic carbocycles. The van der Waals surface area contributed by atoms with E-state index in [1.54, 1.807) is 12.1 Å². The molecule has 0 saturated carbocycles. The zero-order chi connectivity index (χ0) is 38.8. The summed E-state index contributed by atoms with van der Waals surface area (Å²) >= 11 is 0. The fraction of sp³-hybridized carbons (Fsp3) is 0.471. The van der Waals surface area contributed by atoms with Gasteiger partial charge in [0, 0.05) is 65.2 Å². The van der Waals surface area contributed by atoms with Crippen molar-refractivity contribution >= 4 is 35.6 Å². The van der Waals surface area contributed by atoms with Gasteiger partial charge in [0.1, 0.15) is 17.8 Å². The summed E-state index contributed by atoms with van der Waals surface area (Å²) < 4.78 is 9.65. The van der Waals surface area contributed by atoms with Crippen LogP contribution >= 0.6 is 0 Å². The van der Waals surface area contributed by atoms with E-state index in [-0.39, 0.29) is 18.1 Å².